The number of benzene rings is 1. The lowest BCUT2D eigenvalue weighted by Gasteiger charge is -2.25. The van der Waals surface area contributed by atoms with Crippen LogP contribution in [0.4, 0.5) is 4.79 Å². The van der Waals surface area contributed by atoms with Gasteiger partial charge in [0.25, 0.3) is 0 Å². The number of aliphatic hydroxyl groups is 1. The van der Waals surface area contributed by atoms with Crippen LogP contribution in [0.3, 0.4) is 0 Å². The number of amides is 1. The maximum absolute atomic E-state index is 11.8. The lowest BCUT2D eigenvalue weighted by Crippen LogP contribution is -2.49. The van der Waals surface area contributed by atoms with Gasteiger partial charge in [-0.15, -0.1) is 0 Å². The van der Waals surface area contributed by atoms with Crippen LogP contribution < -0.4 is 5.32 Å². The van der Waals surface area contributed by atoms with Crippen LogP contribution in [-0.2, 0) is 11.2 Å². The number of ether oxygens (including phenoxy) is 1. The SMILES string of the molecule is CC(C)(C)OC(=O)N[C@@H](Cc1ccccc1)[C@H](O)C[N+](=O)[O-]. The van der Waals surface area contributed by atoms with Crippen LogP contribution >= 0.6 is 0 Å². The molecule has 7 nitrogen and oxygen atoms in total. The molecule has 0 aliphatic carbocycles. The Bertz CT molecular complexity index is 498. The highest BCUT2D eigenvalue weighted by Gasteiger charge is 2.27. The molecule has 0 spiro atoms. The summed E-state index contributed by atoms with van der Waals surface area (Å²) in [6.07, 6.45) is -1.74. The fourth-order valence-electron chi connectivity index (χ4n) is 1.89. The number of carbonyl (C=O) groups excluding carboxylic acids is 1. The van der Waals surface area contributed by atoms with Crippen molar-refractivity contribution < 1.29 is 19.6 Å². The topological polar surface area (TPSA) is 102 Å². The maximum atomic E-state index is 11.8. The molecule has 0 heterocycles. The van der Waals surface area contributed by atoms with Crippen molar-refractivity contribution >= 4 is 6.09 Å². The minimum Gasteiger partial charge on any atom is -0.444 e. The largest absolute Gasteiger partial charge is 0.444 e. The zero-order valence-corrected chi connectivity index (χ0v) is 13.0. The molecule has 22 heavy (non-hydrogen) atoms. The number of nitro groups is 1. The third-order valence-electron chi connectivity index (χ3n) is 2.80. The van der Waals surface area contributed by atoms with Crippen LogP contribution in [0.15, 0.2) is 30.3 Å². The van der Waals surface area contributed by atoms with E-state index in [1.165, 1.54) is 0 Å². The summed E-state index contributed by atoms with van der Waals surface area (Å²) in [4.78, 5) is 21.8. The van der Waals surface area contributed by atoms with Crippen LogP contribution in [-0.4, -0.2) is 40.4 Å². The number of carbonyl (C=O) groups is 1. The quantitative estimate of drug-likeness (QED) is 0.616. The summed E-state index contributed by atoms with van der Waals surface area (Å²) < 4.78 is 5.13. The van der Waals surface area contributed by atoms with Gasteiger partial charge >= 0.3 is 6.09 Å². The second kappa shape index (κ2) is 7.74. The van der Waals surface area contributed by atoms with E-state index in [4.69, 9.17) is 4.74 Å². The fraction of sp³-hybridized carbons (Fsp3) is 0.533. The number of nitrogens with one attached hydrogen (secondary N) is 1. The van der Waals surface area contributed by atoms with Crippen molar-refractivity contribution in [3.05, 3.63) is 46.0 Å². The zero-order chi connectivity index (χ0) is 16.8. The molecular weight excluding hydrogens is 288 g/mol. The zero-order valence-electron chi connectivity index (χ0n) is 13.0. The molecule has 0 fully saturated rings. The predicted molar refractivity (Wildman–Crippen MR) is 81.2 cm³/mol. The summed E-state index contributed by atoms with van der Waals surface area (Å²) in [6.45, 7) is 4.50. The molecule has 0 saturated heterocycles. The van der Waals surface area contributed by atoms with E-state index < -0.39 is 35.3 Å². The van der Waals surface area contributed by atoms with Crippen molar-refractivity contribution in [1.29, 1.82) is 0 Å². The fourth-order valence-corrected chi connectivity index (χ4v) is 1.89. The minimum absolute atomic E-state index is 0.273. The Morgan fingerprint density at radius 2 is 1.95 bits per heavy atom. The first-order chi connectivity index (χ1) is 10.2. The van der Waals surface area contributed by atoms with Crippen LogP contribution in [0.25, 0.3) is 0 Å². The normalized spacial score (nSPS) is 14.0. The predicted octanol–water partition coefficient (Wildman–Crippen LogP) is 1.76. The Hall–Kier alpha value is -2.15. The number of nitrogens with zero attached hydrogens (tertiary/aromatic N) is 1. The highest BCUT2D eigenvalue weighted by molar-refractivity contribution is 5.68. The molecule has 1 aromatic carbocycles. The van der Waals surface area contributed by atoms with E-state index >= 15 is 0 Å². The second-order valence-corrected chi connectivity index (χ2v) is 6.03. The molecule has 0 aromatic heterocycles. The van der Waals surface area contributed by atoms with E-state index in [1.807, 2.05) is 30.3 Å². The monoisotopic (exact) mass is 310 g/mol. The Morgan fingerprint density at radius 3 is 2.45 bits per heavy atom. The van der Waals surface area contributed by atoms with Gasteiger partial charge in [0, 0.05) is 4.92 Å². The van der Waals surface area contributed by atoms with Gasteiger partial charge in [-0.3, -0.25) is 10.1 Å². The van der Waals surface area contributed by atoms with Crippen molar-refractivity contribution in [2.24, 2.45) is 0 Å². The Kier molecular flexibility index (Phi) is 6.30. The molecule has 0 unspecified atom stereocenters. The van der Waals surface area contributed by atoms with E-state index in [-0.39, 0.29) is 6.42 Å². The number of hydrogen-bond donors (Lipinski definition) is 2. The second-order valence-electron chi connectivity index (χ2n) is 6.03. The molecule has 1 amide bonds. The van der Waals surface area contributed by atoms with E-state index in [0.717, 1.165) is 5.56 Å². The van der Waals surface area contributed by atoms with E-state index in [9.17, 15) is 20.0 Å². The summed E-state index contributed by atoms with van der Waals surface area (Å²) in [5.74, 6) is 0. The van der Waals surface area contributed by atoms with Crippen molar-refractivity contribution in [3.8, 4) is 0 Å². The van der Waals surface area contributed by atoms with Crippen molar-refractivity contribution in [2.75, 3.05) is 6.54 Å². The lowest BCUT2D eigenvalue weighted by molar-refractivity contribution is -0.491. The molecule has 0 aliphatic heterocycles. The van der Waals surface area contributed by atoms with Gasteiger partial charge in [-0.2, -0.15) is 0 Å². The average molecular weight is 310 g/mol. The van der Waals surface area contributed by atoms with Crippen molar-refractivity contribution in [2.45, 2.75) is 44.9 Å². The molecule has 2 atom stereocenters. The highest BCUT2D eigenvalue weighted by atomic mass is 16.6. The smallest absolute Gasteiger partial charge is 0.407 e. The molecule has 1 rings (SSSR count). The molecule has 122 valence electrons. The molecule has 2 N–H and O–H groups in total. The third-order valence-corrected chi connectivity index (χ3v) is 2.80. The van der Waals surface area contributed by atoms with Gasteiger partial charge in [0.15, 0.2) is 0 Å². The maximum Gasteiger partial charge on any atom is 0.407 e. The van der Waals surface area contributed by atoms with Crippen LogP contribution in [0.5, 0.6) is 0 Å². The number of aliphatic hydroxyl groups excluding tert-OH is 1. The van der Waals surface area contributed by atoms with Crippen LogP contribution in [0, 0.1) is 10.1 Å². The molecule has 0 aliphatic rings. The first-order valence-electron chi connectivity index (χ1n) is 7.00. The first-order valence-corrected chi connectivity index (χ1v) is 7.00. The molecule has 1 aromatic rings. The number of rotatable bonds is 6. The van der Waals surface area contributed by atoms with E-state index in [1.54, 1.807) is 20.8 Å². The Balaban J connectivity index is 2.77. The van der Waals surface area contributed by atoms with Crippen LogP contribution in [0.1, 0.15) is 26.3 Å². The van der Waals surface area contributed by atoms with Gasteiger partial charge in [-0.1, -0.05) is 30.3 Å². The van der Waals surface area contributed by atoms with Gasteiger partial charge in [0.05, 0.1) is 6.04 Å². The van der Waals surface area contributed by atoms with E-state index in [2.05, 4.69) is 5.32 Å². The molecule has 0 bridgehead atoms. The standard InChI is InChI=1S/C15H22N2O5/c1-15(2,3)22-14(19)16-12(13(18)10-17(20)21)9-11-7-5-4-6-8-11/h4-8,12-13,18H,9-10H2,1-3H3,(H,16,19)/t12-,13+/m0/s1. The van der Waals surface area contributed by atoms with Gasteiger partial charge in [0.1, 0.15) is 11.7 Å². The molecule has 7 heteroatoms. The van der Waals surface area contributed by atoms with E-state index in [0.29, 0.717) is 0 Å². The number of hydrogen-bond acceptors (Lipinski definition) is 5. The average Bonchev–Trinajstić information content (AvgIpc) is 2.36. The summed E-state index contributed by atoms with van der Waals surface area (Å²) in [5.41, 5.74) is 0.168. The lowest BCUT2D eigenvalue weighted by atomic mass is 10.0. The van der Waals surface area contributed by atoms with Crippen molar-refractivity contribution in [1.82, 2.24) is 5.32 Å². The Morgan fingerprint density at radius 1 is 1.36 bits per heavy atom. The number of alkyl carbamates (subject to hydrolysis) is 1. The summed E-state index contributed by atoms with van der Waals surface area (Å²) in [5, 5.41) is 23.1. The van der Waals surface area contributed by atoms with Crippen molar-refractivity contribution in [3.63, 3.8) is 0 Å². The van der Waals surface area contributed by atoms with Crippen LogP contribution in [0.2, 0.25) is 0 Å². The Labute approximate surface area is 129 Å². The van der Waals surface area contributed by atoms with Gasteiger partial charge in [-0.05, 0) is 32.8 Å². The summed E-state index contributed by atoms with van der Waals surface area (Å²) in [7, 11) is 0. The third kappa shape index (κ3) is 7.03. The minimum atomic E-state index is -1.30. The molecular formula is C15H22N2O5. The van der Waals surface area contributed by atoms with Gasteiger partial charge in [0.2, 0.25) is 6.54 Å². The van der Waals surface area contributed by atoms with Gasteiger partial charge < -0.3 is 15.2 Å². The first kappa shape index (κ1) is 17.9. The molecule has 0 radical (unpaired) electrons. The molecule has 0 saturated carbocycles. The summed E-state index contributed by atoms with van der Waals surface area (Å²) >= 11 is 0. The summed E-state index contributed by atoms with van der Waals surface area (Å²) in [6, 6.07) is 8.32. The van der Waals surface area contributed by atoms with Gasteiger partial charge in [-0.25, -0.2) is 4.79 Å². The highest BCUT2D eigenvalue weighted by Crippen LogP contribution is 2.10.